The van der Waals surface area contributed by atoms with Crippen molar-refractivity contribution in [2.24, 2.45) is 0 Å². The van der Waals surface area contributed by atoms with Gasteiger partial charge in [-0.25, -0.2) is 0 Å². The molecule has 0 spiro atoms. The molecule has 0 saturated heterocycles. The number of aryl methyl sites for hydroxylation is 1. The summed E-state index contributed by atoms with van der Waals surface area (Å²) in [6, 6.07) is 8.36. The smallest absolute Gasteiger partial charge is 0.315 e. The highest BCUT2D eigenvalue weighted by Gasteiger charge is 2.02. The van der Waals surface area contributed by atoms with Crippen LogP contribution in [0.4, 0.5) is 0 Å². The fourth-order valence-corrected chi connectivity index (χ4v) is 2.19. The van der Waals surface area contributed by atoms with Gasteiger partial charge in [-0.2, -0.15) is 0 Å². The Bertz CT molecular complexity index is 350. The first kappa shape index (κ1) is 14.1. The molecule has 0 aliphatic rings. The van der Waals surface area contributed by atoms with E-state index in [0.29, 0.717) is 12.4 Å². The average molecular weight is 252 g/mol. The van der Waals surface area contributed by atoms with E-state index in [-0.39, 0.29) is 5.97 Å². The molecule has 0 atom stereocenters. The number of ether oxygens (including phenoxy) is 1. The lowest BCUT2D eigenvalue weighted by Gasteiger charge is -2.04. The van der Waals surface area contributed by atoms with E-state index in [1.165, 1.54) is 11.1 Å². The first-order valence-electron chi connectivity index (χ1n) is 6.01. The molecule has 0 aliphatic heterocycles. The summed E-state index contributed by atoms with van der Waals surface area (Å²) >= 11 is 1.61. The molecule has 0 amide bonds. The van der Waals surface area contributed by atoms with E-state index >= 15 is 0 Å². The molecule has 1 rings (SSSR count). The average Bonchev–Trinajstić information content (AvgIpc) is 2.29. The van der Waals surface area contributed by atoms with Crippen LogP contribution in [-0.4, -0.2) is 18.3 Å². The number of rotatable bonds is 7. The quantitative estimate of drug-likeness (QED) is 0.548. The molecular formula is C14H20O2S. The Labute approximate surface area is 108 Å². The zero-order chi connectivity index (χ0) is 12.5. The Morgan fingerprint density at radius 3 is 2.94 bits per heavy atom. The highest BCUT2D eigenvalue weighted by atomic mass is 32.2. The van der Waals surface area contributed by atoms with E-state index in [0.717, 1.165) is 18.6 Å². The van der Waals surface area contributed by atoms with Crippen LogP contribution >= 0.6 is 11.8 Å². The number of hydrogen-bond donors (Lipinski definition) is 0. The molecule has 0 heterocycles. The first-order chi connectivity index (χ1) is 8.22. The zero-order valence-corrected chi connectivity index (χ0v) is 11.4. The van der Waals surface area contributed by atoms with Crippen molar-refractivity contribution in [2.75, 3.05) is 12.4 Å². The van der Waals surface area contributed by atoms with E-state index in [1.54, 1.807) is 11.8 Å². The molecule has 0 fully saturated rings. The predicted molar refractivity (Wildman–Crippen MR) is 73.2 cm³/mol. The number of hydrogen-bond acceptors (Lipinski definition) is 3. The molecule has 0 saturated carbocycles. The Morgan fingerprint density at radius 2 is 2.24 bits per heavy atom. The van der Waals surface area contributed by atoms with Gasteiger partial charge in [-0.05, 0) is 18.9 Å². The monoisotopic (exact) mass is 252 g/mol. The van der Waals surface area contributed by atoms with Crippen molar-refractivity contribution in [3.05, 3.63) is 35.4 Å². The van der Waals surface area contributed by atoms with Gasteiger partial charge in [-0.3, -0.25) is 4.79 Å². The van der Waals surface area contributed by atoms with Crippen molar-refractivity contribution in [3.8, 4) is 0 Å². The number of esters is 1. The third-order valence-corrected chi connectivity index (χ3v) is 3.31. The Morgan fingerprint density at radius 1 is 1.41 bits per heavy atom. The predicted octanol–water partition coefficient (Wildman–Crippen LogP) is 3.57. The summed E-state index contributed by atoms with van der Waals surface area (Å²) in [5.74, 6) is 1.21. The fourth-order valence-electron chi connectivity index (χ4n) is 1.43. The van der Waals surface area contributed by atoms with Gasteiger partial charge >= 0.3 is 5.97 Å². The summed E-state index contributed by atoms with van der Waals surface area (Å²) < 4.78 is 5.08. The van der Waals surface area contributed by atoms with Crippen LogP contribution in [-0.2, 0) is 15.3 Å². The summed E-state index contributed by atoms with van der Waals surface area (Å²) in [7, 11) is 0. The van der Waals surface area contributed by atoms with Gasteiger partial charge in [-0.15, -0.1) is 11.8 Å². The molecule has 3 heteroatoms. The molecule has 0 N–H and O–H groups in total. The van der Waals surface area contributed by atoms with Crippen molar-refractivity contribution in [2.45, 2.75) is 32.4 Å². The molecule has 1 aromatic carbocycles. The van der Waals surface area contributed by atoms with E-state index in [9.17, 15) is 4.79 Å². The van der Waals surface area contributed by atoms with Crippen LogP contribution in [0.5, 0.6) is 0 Å². The number of thioether (sulfide) groups is 1. The van der Waals surface area contributed by atoms with Gasteiger partial charge in [-0.1, -0.05) is 43.2 Å². The van der Waals surface area contributed by atoms with Crippen LogP contribution in [0.15, 0.2) is 24.3 Å². The van der Waals surface area contributed by atoms with Gasteiger partial charge in [0, 0.05) is 5.75 Å². The molecule has 0 bridgehead atoms. The highest BCUT2D eigenvalue weighted by molar-refractivity contribution is 7.99. The third kappa shape index (κ3) is 6.37. The van der Waals surface area contributed by atoms with Gasteiger partial charge in [0.1, 0.15) is 0 Å². The SMILES string of the molecule is CCCCOC(=O)CSCc1cccc(C)c1. The Hall–Kier alpha value is -0.960. The summed E-state index contributed by atoms with van der Waals surface area (Å²) in [6.45, 7) is 4.72. The molecular weight excluding hydrogens is 232 g/mol. The van der Waals surface area contributed by atoms with Crippen molar-refractivity contribution in [1.82, 2.24) is 0 Å². The van der Waals surface area contributed by atoms with Crippen molar-refractivity contribution in [3.63, 3.8) is 0 Å². The number of carbonyl (C=O) groups is 1. The molecule has 2 nitrogen and oxygen atoms in total. The van der Waals surface area contributed by atoms with Crippen LogP contribution in [0.3, 0.4) is 0 Å². The molecule has 1 aromatic rings. The molecule has 0 aromatic heterocycles. The molecule has 94 valence electrons. The highest BCUT2D eigenvalue weighted by Crippen LogP contribution is 2.13. The second-order valence-electron chi connectivity index (χ2n) is 4.06. The number of carbonyl (C=O) groups excluding carboxylic acids is 1. The molecule has 0 aliphatic carbocycles. The van der Waals surface area contributed by atoms with Crippen LogP contribution in [0, 0.1) is 6.92 Å². The second-order valence-corrected chi connectivity index (χ2v) is 5.04. The molecule has 0 unspecified atom stereocenters. The maximum Gasteiger partial charge on any atom is 0.315 e. The van der Waals surface area contributed by atoms with Crippen LogP contribution in [0.1, 0.15) is 30.9 Å². The van der Waals surface area contributed by atoms with Crippen LogP contribution < -0.4 is 0 Å². The minimum atomic E-state index is -0.101. The lowest BCUT2D eigenvalue weighted by molar-refractivity contribution is -0.140. The summed E-state index contributed by atoms with van der Waals surface area (Å²) in [4.78, 5) is 11.3. The summed E-state index contributed by atoms with van der Waals surface area (Å²) in [6.07, 6.45) is 2.01. The van der Waals surface area contributed by atoms with Crippen LogP contribution in [0.2, 0.25) is 0 Å². The van der Waals surface area contributed by atoms with Crippen molar-refractivity contribution >= 4 is 17.7 Å². The first-order valence-corrected chi connectivity index (χ1v) is 7.16. The van der Waals surface area contributed by atoms with Gasteiger partial charge in [0.2, 0.25) is 0 Å². The second kappa shape index (κ2) is 8.18. The maximum atomic E-state index is 11.3. The van der Waals surface area contributed by atoms with E-state index in [4.69, 9.17) is 4.74 Å². The summed E-state index contributed by atoms with van der Waals surface area (Å²) in [5.41, 5.74) is 2.52. The Balaban J connectivity index is 2.17. The van der Waals surface area contributed by atoms with Gasteiger partial charge in [0.05, 0.1) is 12.4 Å². The van der Waals surface area contributed by atoms with Gasteiger partial charge < -0.3 is 4.74 Å². The zero-order valence-electron chi connectivity index (χ0n) is 10.6. The fraction of sp³-hybridized carbons (Fsp3) is 0.500. The maximum absolute atomic E-state index is 11.3. The van der Waals surface area contributed by atoms with E-state index in [1.807, 2.05) is 6.07 Å². The standard InChI is InChI=1S/C14H20O2S/c1-3-4-8-16-14(15)11-17-10-13-7-5-6-12(2)9-13/h5-7,9H,3-4,8,10-11H2,1-2H3. The van der Waals surface area contributed by atoms with Crippen LogP contribution in [0.25, 0.3) is 0 Å². The number of benzene rings is 1. The largest absolute Gasteiger partial charge is 0.465 e. The molecule has 17 heavy (non-hydrogen) atoms. The lowest BCUT2D eigenvalue weighted by Crippen LogP contribution is -2.08. The van der Waals surface area contributed by atoms with Crippen molar-refractivity contribution in [1.29, 1.82) is 0 Å². The lowest BCUT2D eigenvalue weighted by atomic mass is 10.2. The topological polar surface area (TPSA) is 26.3 Å². The van der Waals surface area contributed by atoms with E-state index in [2.05, 4.69) is 32.0 Å². The minimum absolute atomic E-state index is 0.101. The van der Waals surface area contributed by atoms with E-state index < -0.39 is 0 Å². The normalized spacial score (nSPS) is 10.2. The third-order valence-electron chi connectivity index (χ3n) is 2.33. The van der Waals surface area contributed by atoms with Crippen molar-refractivity contribution < 1.29 is 9.53 Å². The summed E-state index contributed by atoms with van der Waals surface area (Å²) in [5, 5.41) is 0. The minimum Gasteiger partial charge on any atom is -0.465 e. The Kier molecular flexibility index (Phi) is 6.78. The molecule has 0 radical (unpaired) electrons. The van der Waals surface area contributed by atoms with Gasteiger partial charge in [0.15, 0.2) is 0 Å². The number of unbranched alkanes of at least 4 members (excludes halogenated alkanes) is 1. The van der Waals surface area contributed by atoms with Gasteiger partial charge in [0.25, 0.3) is 0 Å².